The third-order valence-electron chi connectivity index (χ3n) is 2.07. The average Bonchev–Trinajstić information content (AvgIpc) is 2.25. The lowest BCUT2D eigenvalue weighted by Gasteiger charge is -2.15. The van der Waals surface area contributed by atoms with Gasteiger partial charge in [0.25, 0.3) is 0 Å². The number of alkyl halides is 3. The van der Waals surface area contributed by atoms with Gasteiger partial charge in [-0.2, -0.15) is 13.2 Å². The zero-order valence-corrected chi connectivity index (χ0v) is 11.3. The first-order valence-electron chi connectivity index (χ1n) is 4.88. The lowest BCUT2D eigenvalue weighted by molar-refractivity contribution is -0.137. The predicted molar refractivity (Wildman–Crippen MR) is 64.1 cm³/mol. The molecule has 0 radical (unpaired) electrons. The van der Waals surface area contributed by atoms with Gasteiger partial charge in [-0.05, 0) is 22.0 Å². The van der Waals surface area contributed by atoms with Crippen molar-refractivity contribution in [3.8, 4) is 0 Å². The monoisotopic (exact) mass is 325 g/mol. The van der Waals surface area contributed by atoms with Gasteiger partial charge in [0.1, 0.15) is 5.82 Å². The molecular weight excluding hydrogens is 315 g/mol. The zero-order chi connectivity index (χ0) is 13.9. The van der Waals surface area contributed by atoms with Crippen LogP contribution in [0.25, 0.3) is 0 Å². The second kappa shape index (κ2) is 5.55. The molecule has 0 aliphatic rings. The molecule has 0 spiro atoms. The van der Waals surface area contributed by atoms with Crippen LogP contribution in [0.4, 0.5) is 19.0 Å². The molecule has 0 aliphatic carbocycles. The molecule has 0 aromatic carbocycles. The van der Waals surface area contributed by atoms with Crippen LogP contribution >= 0.6 is 15.9 Å². The fraction of sp³-hybridized carbons (Fsp3) is 0.400. The number of amides is 1. The van der Waals surface area contributed by atoms with E-state index in [1.54, 1.807) is 0 Å². The summed E-state index contributed by atoms with van der Waals surface area (Å²) in [7, 11) is 3.04. The standard InChI is InChI=1S/C10H11BrF3N3O/c1-17(2)8(18)5-16-9-7(10(12,13)14)3-6(11)4-15-9/h3-4H,5H2,1-2H3,(H,15,16). The van der Waals surface area contributed by atoms with Gasteiger partial charge in [-0.1, -0.05) is 0 Å². The van der Waals surface area contributed by atoms with Crippen LogP contribution in [-0.2, 0) is 11.0 Å². The summed E-state index contributed by atoms with van der Waals surface area (Å²) in [5.41, 5.74) is -0.913. The molecule has 1 aromatic heterocycles. The minimum absolute atomic E-state index is 0.222. The number of carbonyl (C=O) groups excluding carboxylic acids is 1. The molecule has 0 saturated carbocycles. The smallest absolute Gasteiger partial charge is 0.360 e. The molecule has 1 amide bonds. The van der Waals surface area contributed by atoms with E-state index in [-0.39, 0.29) is 22.7 Å². The molecule has 18 heavy (non-hydrogen) atoms. The van der Waals surface area contributed by atoms with E-state index in [1.807, 2.05) is 0 Å². The van der Waals surface area contributed by atoms with Crippen molar-refractivity contribution >= 4 is 27.7 Å². The van der Waals surface area contributed by atoms with Crippen molar-refractivity contribution < 1.29 is 18.0 Å². The van der Waals surface area contributed by atoms with Crippen LogP contribution in [0.15, 0.2) is 16.7 Å². The Kier molecular flexibility index (Phi) is 4.55. The van der Waals surface area contributed by atoms with E-state index in [4.69, 9.17) is 0 Å². The van der Waals surface area contributed by atoms with E-state index < -0.39 is 11.7 Å². The summed E-state index contributed by atoms with van der Waals surface area (Å²) in [5, 5.41) is 2.38. The Hall–Kier alpha value is -1.31. The lowest BCUT2D eigenvalue weighted by Crippen LogP contribution is -2.29. The van der Waals surface area contributed by atoms with Crippen molar-refractivity contribution in [3.63, 3.8) is 0 Å². The Bertz CT molecular complexity index is 448. The summed E-state index contributed by atoms with van der Waals surface area (Å²) in [6.07, 6.45) is -3.29. The lowest BCUT2D eigenvalue weighted by atomic mass is 10.2. The minimum Gasteiger partial charge on any atom is -0.360 e. The Morgan fingerprint density at radius 3 is 2.61 bits per heavy atom. The van der Waals surface area contributed by atoms with Gasteiger partial charge in [-0.3, -0.25) is 4.79 Å². The number of rotatable bonds is 3. The molecule has 0 atom stereocenters. The van der Waals surface area contributed by atoms with Crippen molar-refractivity contribution in [2.45, 2.75) is 6.18 Å². The van der Waals surface area contributed by atoms with Gasteiger partial charge >= 0.3 is 6.18 Å². The molecule has 1 rings (SSSR count). The number of halogens is 4. The van der Waals surface area contributed by atoms with Gasteiger partial charge in [-0.25, -0.2) is 4.98 Å². The molecule has 0 saturated heterocycles. The second-order valence-electron chi connectivity index (χ2n) is 3.69. The summed E-state index contributed by atoms with van der Waals surface area (Å²) in [6, 6.07) is 0.912. The van der Waals surface area contributed by atoms with Crippen LogP contribution < -0.4 is 5.32 Å². The number of nitrogens with one attached hydrogen (secondary N) is 1. The molecule has 0 fully saturated rings. The molecule has 1 aromatic rings. The predicted octanol–water partition coefficient (Wildman–Crippen LogP) is 2.36. The first kappa shape index (κ1) is 14.7. The van der Waals surface area contributed by atoms with Gasteiger partial charge in [0.2, 0.25) is 5.91 Å². The Morgan fingerprint density at radius 1 is 1.50 bits per heavy atom. The number of carbonyl (C=O) groups is 1. The quantitative estimate of drug-likeness (QED) is 0.928. The maximum absolute atomic E-state index is 12.7. The van der Waals surface area contributed by atoms with E-state index >= 15 is 0 Å². The molecule has 0 aliphatic heterocycles. The van der Waals surface area contributed by atoms with E-state index in [1.165, 1.54) is 25.2 Å². The third kappa shape index (κ3) is 3.86. The van der Waals surface area contributed by atoms with Crippen LogP contribution in [0.3, 0.4) is 0 Å². The largest absolute Gasteiger partial charge is 0.419 e. The summed E-state index contributed by atoms with van der Waals surface area (Å²) >= 11 is 2.93. The topological polar surface area (TPSA) is 45.2 Å². The number of pyridine rings is 1. The highest BCUT2D eigenvalue weighted by Crippen LogP contribution is 2.35. The maximum Gasteiger partial charge on any atom is 0.419 e. The number of hydrogen-bond donors (Lipinski definition) is 1. The van der Waals surface area contributed by atoms with E-state index in [9.17, 15) is 18.0 Å². The summed E-state index contributed by atoms with van der Waals surface area (Å²) in [6.45, 7) is -0.245. The average molecular weight is 326 g/mol. The van der Waals surface area contributed by atoms with Crippen molar-refractivity contribution in [1.29, 1.82) is 0 Å². The first-order valence-corrected chi connectivity index (χ1v) is 5.68. The molecule has 1 heterocycles. The Balaban J connectivity index is 2.92. The fourth-order valence-electron chi connectivity index (χ4n) is 1.11. The van der Waals surface area contributed by atoms with Gasteiger partial charge in [0.05, 0.1) is 12.1 Å². The number of likely N-dealkylation sites (N-methyl/N-ethyl adjacent to an activating group) is 1. The molecule has 4 nitrogen and oxygen atoms in total. The van der Waals surface area contributed by atoms with Gasteiger partial charge < -0.3 is 10.2 Å². The highest BCUT2D eigenvalue weighted by molar-refractivity contribution is 9.10. The molecule has 100 valence electrons. The first-order chi connectivity index (χ1) is 8.21. The minimum atomic E-state index is -4.53. The fourth-order valence-corrected chi connectivity index (χ4v) is 1.44. The second-order valence-corrected chi connectivity index (χ2v) is 4.60. The molecular formula is C10H11BrF3N3O. The number of hydrogen-bond acceptors (Lipinski definition) is 3. The van der Waals surface area contributed by atoms with E-state index in [0.717, 1.165) is 6.07 Å². The summed E-state index contributed by atoms with van der Waals surface area (Å²) in [4.78, 5) is 16.2. The van der Waals surface area contributed by atoms with E-state index in [0.29, 0.717) is 0 Å². The molecule has 0 bridgehead atoms. The van der Waals surface area contributed by atoms with Crippen LogP contribution in [0.1, 0.15) is 5.56 Å². The van der Waals surface area contributed by atoms with Crippen LogP contribution in [0.5, 0.6) is 0 Å². The van der Waals surface area contributed by atoms with Crippen LogP contribution in [0, 0.1) is 0 Å². The van der Waals surface area contributed by atoms with Gasteiger partial charge in [-0.15, -0.1) is 0 Å². The summed E-state index contributed by atoms with van der Waals surface area (Å²) < 4.78 is 38.4. The number of nitrogens with zero attached hydrogens (tertiary/aromatic N) is 2. The van der Waals surface area contributed by atoms with Gasteiger partial charge in [0, 0.05) is 24.8 Å². The van der Waals surface area contributed by atoms with Crippen molar-refractivity contribution in [2.75, 3.05) is 26.0 Å². The van der Waals surface area contributed by atoms with Crippen LogP contribution in [-0.4, -0.2) is 36.4 Å². The van der Waals surface area contributed by atoms with Crippen molar-refractivity contribution in [2.24, 2.45) is 0 Å². The van der Waals surface area contributed by atoms with Gasteiger partial charge in [0.15, 0.2) is 0 Å². The van der Waals surface area contributed by atoms with E-state index in [2.05, 4.69) is 26.2 Å². The zero-order valence-electron chi connectivity index (χ0n) is 9.68. The van der Waals surface area contributed by atoms with Crippen molar-refractivity contribution in [1.82, 2.24) is 9.88 Å². The SMILES string of the molecule is CN(C)C(=O)CNc1ncc(Br)cc1C(F)(F)F. The Morgan fingerprint density at radius 2 is 2.11 bits per heavy atom. The molecule has 0 unspecified atom stereocenters. The van der Waals surface area contributed by atoms with Crippen LogP contribution in [0.2, 0.25) is 0 Å². The maximum atomic E-state index is 12.7. The summed E-state index contributed by atoms with van der Waals surface area (Å²) in [5.74, 6) is -0.700. The highest BCUT2D eigenvalue weighted by Gasteiger charge is 2.34. The molecule has 1 N–H and O–H groups in total. The highest BCUT2D eigenvalue weighted by atomic mass is 79.9. The number of anilines is 1. The Labute approximate surface area is 110 Å². The van der Waals surface area contributed by atoms with Crippen molar-refractivity contribution in [3.05, 3.63) is 22.3 Å². The normalized spacial score (nSPS) is 11.2. The number of aromatic nitrogens is 1. The third-order valence-corrected chi connectivity index (χ3v) is 2.50. The molecule has 8 heteroatoms.